The lowest BCUT2D eigenvalue weighted by Crippen LogP contribution is -2.42. The Labute approximate surface area is 182 Å². The number of aliphatic carboxylic acids is 1. The number of carbonyl (C=O) groups excluding carboxylic acids is 1. The fourth-order valence-electron chi connectivity index (χ4n) is 3.33. The van der Waals surface area contributed by atoms with Crippen molar-refractivity contribution in [2.75, 3.05) is 13.2 Å². The molecule has 0 bridgehead atoms. The molecular weight excluding hydrogens is 422 g/mol. The minimum atomic E-state index is -1.34. The molecule has 3 unspecified atom stereocenters. The second kappa shape index (κ2) is 10.4. The van der Waals surface area contributed by atoms with Crippen LogP contribution in [-0.2, 0) is 26.9 Å². The molecule has 1 aromatic carbocycles. The van der Waals surface area contributed by atoms with Crippen LogP contribution in [0.15, 0.2) is 52.4 Å². The molecule has 0 spiro atoms. The molecule has 3 atom stereocenters. The monoisotopic (exact) mass is 447 g/mol. The molecule has 1 aliphatic heterocycles. The predicted octanol–water partition coefficient (Wildman–Crippen LogP) is 2.75. The van der Waals surface area contributed by atoms with Gasteiger partial charge >= 0.3 is 12.1 Å². The van der Waals surface area contributed by atoms with Gasteiger partial charge in [0, 0.05) is 19.0 Å². The van der Waals surface area contributed by atoms with Crippen molar-refractivity contribution in [3.63, 3.8) is 0 Å². The number of benzene rings is 1. The summed E-state index contributed by atoms with van der Waals surface area (Å²) in [4.78, 5) is 23.9. The van der Waals surface area contributed by atoms with Crippen LogP contribution in [0.4, 0.5) is 4.79 Å². The minimum Gasteiger partial charge on any atom is -0.480 e. The summed E-state index contributed by atoms with van der Waals surface area (Å²) in [6, 6.07) is 7.76. The molecule has 1 amide bonds. The highest BCUT2D eigenvalue weighted by Gasteiger charge is 2.34. The Hall–Kier alpha value is -2.98. The highest BCUT2D eigenvalue weighted by Crippen LogP contribution is 2.34. The van der Waals surface area contributed by atoms with Crippen LogP contribution in [0.3, 0.4) is 0 Å². The van der Waals surface area contributed by atoms with E-state index in [-0.39, 0.29) is 19.1 Å². The van der Waals surface area contributed by atoms with Crippen LogP contribution in [0.5, 0.6) is 0 Å². The van der Waals surface area contributed by atoms with Crippen LogP contribution in [0.1, 0.15) is 35.9 Å². The average Bonchev–Trinajstić information content (AvgIpc) is 3.41. The first-order chi connectivity index (χ1) is 14.9. The maximum atomic E-state index is 13.1. The second-order valence-corrected chi connectivity index (χ2v) is 8.64. The summed E-state index contributed by atoms with van der Waals surface area (Å²) < 4.78 is 25.0. The van der Waals surface area contributed by atoms with E-state index in [4.69, 9.17) is 9.26 Å². The van der Waals surface area contributed by atoms with Gasteiger partial charge in [0.15, 0.2) is 0 Å². The SMILES string of the molecule is C=CCOC(=O)NC(Cc1cc(C2CCCN2S(=O)c2ccc(C)cc2)no1)C(=O)O. The molecule has 9 nitrogen and oxygen atoms in total. The van der Waals surface area contributed by atoms with Crippen LogP contribution >= 0.6 is 0 Å². The standard InChI is InChI=1S/C21H25N3O6S/c1-3-11-29-21(27)22-18(20(25)26)13-15-12-17(23-30-15)19-5-4-10-24(19)31(28)16-8-6-14(2)7-9-16/h3,6-9,12,18-19H,1,4-5,10-11,13H2,2H3,(H,22,27)(H,25,26). The quantitative estimate of drug-likeness (QED) is 0.567. The number of alkyl carbamates (subject to hydrolysis) is 1. The Morgan fingerprint density at radius 1 is 1.45 bits per heavy atom. The zero-order valence-electron chi connectivity index (χ0n) is 17.2. The average molecular weight is 448 g/mol. The van der Waals surface area contributed by atoms with Gasteiger partial charge in [-0.25, -0.2) is 18.1 Å². The van der Waals surface area contributed by atoms with Crippen molar-refractivity contribution in [1.82, 2.24) is 14.8 Å². The zero-order valence-corrected chi connectivity index (χ0v) is 18.0. The molecule has 0 saturated carbocycles. The first-order valence-electron chi connectivity index (χ1n) is 9.86. The summed E-state index contributed by atoms with van der Waals surface area (Å²) in [5, 5.41) is 15.7. The van der Waals surface area contributed by atoms with Gasteiger partial charge in [0.2, 0.25) is 0 Å². The summed E-state index contributed by atoms with van der Waals surface area (Å²) in [5.74, 6) is -0.921. The molecule has 2 heterocycles. The molecule has 1 aliphatic rings. The number of amides is 1. The molecule has 1 aromatic heterocycles. The molecule has 2 aromatic rings. The Morgan fingerprint density at radius 3 is 2.87 bits per heavy atom. The van der Waals surface area contributed by atoms with Gasteiger partial charge in [-0.3, -0.25) is 0 Å². The summed E-state index contributed by atoms with van der Waals surface area (Å²) in [6.45, 7) is 6.03. The molecule has 2 N–H and O–H groups in total. The lowest BCUT2D eigenvalue weighted by molar-refractivity contribution is -0.139. The first-order valence-corrected chi connectivity index (χ1v) is 11.0. The number of ether oxygens (including phenoxy) is 1. The summed E-state index contributed by atoms with van der Waals surface area (Å²) >= 11 is 0. The smallest absolute Gasteiger partial charge is 0.408 e. The highest BCUT2D eigenvalue weighted by atomic mass is 32.2. The van der Waals surface area contributed by atoms with E-state index in [1.54, 1.807) is 6.07 Å². The summed E-state index contributed by atoms with van der Waals surface area (Å²) in [6.07, 6.45) is 2.05. The first kappa shape index (κ1) is 22.7. The van der Waals surface area contributed by atoms with Crippen LogP contribution in [0.25, 0.3) is 0 Å². The predicted molar refractivity (Wildman–Crippen MR) is 113 cm³/mol. The van der Waals surface area contributed by atoms with Crippen molar-refractivity contribution in [3.05, 3.63) is 60.0 Å². The molecule has 10 heteroatoms. The van der Waals surface area contributed by atoms with Crippen LogP contribution < -0.4 is 5.32 Å². The number of carboxylic acid groups (broad SMARTS) is 1. The van der Waals surface area contributed by atoms with E-state index >= 15 is 0 Å². The largest absolute Gasteiger partial charge is 0.480 e. The number of carboxylic acids is 1. The van der Waals surface area contributed by atoms with Crippen LogP contribution in [0, 0.1) is 6.92 Å². The fourth-order valence-corrected chi connectivity index (χ4v) is 4.71. The number of carbonyl (C=O) groups is 2. The van der Waals surface area contributed by atoms with Gasteiger partial charge in [0.1, 0.15) is 35.1 Å². The molecule has 3 rings (SSSR count). The fraction of sp³-hybridized carbons (Fsp3) is 0.381. The lowest BCUT2D eigenvalue weighted by atomic mass is 10.1. The van der Waals surface area contributed by atoms with Crippen LogP contribution in [-0.4, -0.2) is 50.0 Å². The van der Waals surface area contributed by atoms with E-state index < -0.39 is 29.1 Å². The normalized spacial score (nSPS) is 18.3. The van der Waals surface area contributed by atoms with Gasteiger partial charge in [-0.05, 0) is 31.9 Å². The topological polar surface area (TPSA) is 122 Å². The minimum absolute atomic E-state index is 0.0275. The summed E-state index contributed by atoms with van der Waals surface area (Å²) in [5.41, 5.74) is 1.68. The highest BCUT2D eigenvalue weighted by molar-refractivity contribution is 7.82. The Balaban J connectivity index is 1.69. The molecule has 0 aliphatic carbocycles. The van der Waals surface area contributed by atoms with Crippen molar-refractivity contribution in [3.8, 4) is 0 Å². The van der Waals surface area contributed by atoms with Gasteiger partial charge in [-0.15, -0.1) is 0 Å². The van der Waals surface area contributed by atoms with Crippen molar-refractivity contribution in [1.29, 1.82) is 0 Å². The number of nitrogens with one attached hydrogen (secondary N) is 1. The van der Waals surface area contributed by atoms with Gasteiger partial charge in [0.25, 0.3) is 0 Å². The zero-order chi connectivity index (χ0) is 22.4. The van der Waals surface area contributed by atoms with Gasteiger partial charge < -0.3 is 19.7 Å². The molecule has 1 saturated heterocycles. The van der Waals surface area contributed by atoms with E-state index in [0.717, 1.165) is 23.3 Å². The van der Waals surface area contributed by atoms with Crippen molar-refractivity contribution in [2.45, 2.75) is 43.2 Å². The van der Waals surface area contributed by atoms with Crippen molar-refractivity contribution < 1.29 is 28.2 Å². The maximum absolute atomic E-state index is 13.1. The molecular formula is C21H25N3O6S. The van der Waals surface area contributed by atoms with Crippen molar-refractivity contribution in [2.24, 2.45) is 0 Å². The molecule has 0 radical (unpaired) electrons. The molecule has 166 valence electrons. The third kappa shape index (κ3) is 5.80. The van der Waals surface area contributed by atoms with E-state index in [1.807, 2.05) is 35.5 Å². The summed E-state index contributed by atoms with van der Waals surface area (Å²) in [7, 11) is -1.34. The van der Waals surface area contributed by atoms with Gasteiger partial charge in [0.05, 0.1) is 10.9 Å². The van der Waals surface area contributed by atoms with E-state index in [1.165, 1.54) is 6.08 Å². The third-order valence-corrected chi connectivity index (χ3v) is 6.42. The van der Waals surface area contributed by atoms with Gasteiger partial charge in [-0.2, -0.15) is 0 Å². The second-order valence-electron chi connectivity index (χ2n) is 7.21. The number of hydrogen-bond donors (Lipinski definition) is 2. The van der Waals surface area contributed by atoms with Crippen LogP contribution in [0.2, 0.25) is 0 Å². The number of aromatic nitrogens is 1. The Kier molecular flexibility index (Phi) is 7.59. The number of nitrogens with zero attached hydrogens (tertiary/aromatic N) is 2. The number of aryl methyl sites for hydroxylation is 1. The van der Waals surface area contributed by atoms with Crippen molar-refractivity contribution >= 4 is 23.0 Å². The van der Waals surface area contributed by atoms with E-state index in [2.05, 4.69) is 17.1 Å². The third-order valence-electron chi connectivity index (χ3n) is 4.89. The molecule has 31 heavy (non-hydrogen) atoms. The van der Waals surface area contributed by atoms with Gasteiger partial charge in [-0.1, -0.05) is 35.5 Å². The van der Waals surface area contributed by atoms with E-state index in [0.29, 0.717) is 18.0 Å². The molecule has 1 fully saturated rings. The maximum Gasteiger partial charge on any atom is 0.408 e. The Bertz CT molecular complexity index is 958. The van der Waals surface area contributed by atoms with E-state index in [9.17, 15) is 18.9 Å². The number of rotatable bonds is 9. The Morgan fingerprint density at radius 2 is 2.19 bits per heavy atom. The number of hydrogen-bond acceptors (Lipinski definition) is 6. The lowest BCUT2D eigenvalue weighted by Gasteiger charge is -2.21.